The molecule has 0 aromatic carbocycles. The smallest absolute Gasteiger partial charge is 0.151 e. The highest BCUT2D eigenvalue weighted by Crippen LogP contribution is 2.20. The van der Waals surface area contributed by atoms with Crippen molar-refractivity contribution in [2.45, 2.75) is 51.8 Å². The molecule has 2 rings (SSSR count). The van der Waals surface area contributed by atoms with E-state index in [0.29, 0.717) is 24.9 Å². The number of imidazole rings is 1. The van der Waals surface area contributed by atoms with E-state index >= 15 is 0 Å². The number of nitrogens with one attached hydrogen (secondary N) is 1. The van der Waals surface area contributed by atoms with E-state index in [1.54, 1.807) is 0 Å². The van der Waals surface area contributed by atoms with Crippen LogP contribution in [0, 0.1) is 0 Å². The first-order valence-corrected chi connectivity index (χ1v) is 7.76. The van der Waals surface area contributed by atoms with Crippen molar-refractivity contribution in [2.75, 3.05) is 19.8 Å². The number of likely N-dealkylation sites (N-methyl/N-ethyl adjacent to an activating group) is 1. The topological polar surface area (TPSA) is 61.4 Å². The summed E-state index contributed by atoms with van der Waals surface area (Å²) in [5.41, 5.74) is 0.929. The Bertz CT molecular complexity index is 425. The molecular weight excluding hydrogens is 278 g/mol. The molecule has 1 saturated heterocycles. The third-order valence-electron chi connectivity index (χ3n) is 3.80. The van der Waals surface area contributed by atoms with E-state index < -0.39 is 6.10 Å². The predicted octanol–water partition coefficient (Wildman–Crippen LogP) is 1.99. The summed E-state index contributed by atoms with van der Waals surface area (Å²) in [7, 11) is 0. The van der Waals surface area contributed by atoms with Crippen LogP contribution in [0.3, 0.4) is 0 Å². The molecule has 114 valence electrons. The molecule has 0 bridgehead atoms. The van der Waals surface area contributed by atoms with Crippen LogP contribution in [0.1, 0.15) is 38.2 Å². The first kappa shape index (κ1) is 15.8. The quantitative estimate of drug-likeness (QED) is 0.808. The number of hydrogen-bond acceptors (Lipinski definition) is 4. The van der Waals surface area contributed by atoms with Gasteiger partial charge in [0.25, 0.3) is 0 Å². The highest BCUT2D eigenvalue weighted by molar-refractivity contribution is 6.30. The van der Waals surface area contributed by atoms with Gasteiger partial charge in [-0.1, -0.05) is 31.9 Å². The molecule has 0 amide bonds. The molecule has 5 nitrogen and oxygen atoms in total. The van der Waals surface area contributed by atoms with Crippen LogP contribution in [0.4, 0.5) is 0 Å². The highest BCUT2D eigenvalue weighted by atomic mass is 35.5. The predicted molar refractivity (Wildman–Crippen MR) is 78.9 cm³/mol. The number of aryl methyl sites for hydroxylation is 1. The number of H-pyrrole nitrogens is 1. The lowest BCUT2D eigenvalue weighted by atomic mass is 10.1. The normalized spacial score (nSPS) is 22.9. The summed E-state index contributed by atoms with van der Waals surface area (Å²) >= 11 is 6.21. The van der Waals surface area contributed by atoms with Gasteiger partial charge >= 0.3 is 0 Å². The molecular formula is C14H24ClN3O2. The Kier molecular flexibility index (Phi) is 5.84. The molecule has 1 aromatic rings. The number of rotatable bonds is 7. The number of halogens is 1. The van der Waals surface area contributed by atoms with E-state index in [1.807, 2.05) is 0 Å². The van der Waals surface area contributed by atoms with Gasteiger partial charge in [0.05, 0.1) is 31.1 Å². The third kappa shape index (κ3) is 3.73. The molecule has 0 aliphatic carbocycles. The Morgan fingerprint density at radius 2 is 2.25 bits per heavy atom. The number of unbranched alkanes of at least 4 members (excludes halogenated alkanes) is 1. The van der Waals surface area contributed by atoms with Crippen LogP contribution in [0.2, 0.25) is 5.15 Å². The lowest BCUT2D eigenvalue weighted by Gasteiger charge is -2.28. The SMILES string of the molecule is CCCCc1nc(Cl)c(CN(CC)[C@H]2COC[C@@H]2O)[nH]1. The van der Waals surface area contributed by atoms with Gasteiger partial charge in [0.2, 0.25) is 0 Å². The minimum atomic E-state index is -0.420. The fraction of sp³-hybridized carbons (Fsp3) is 0.786. The van der Waals surface area contributed by atoms with E-state index in [2.05, 4.69) is 28.7 Å². The highest BCUT2D eigenvalue weighted by Gasteiger charge is 2.31. The summed E-state index contributed by atoms with van der Waals surface area (Å²) in [5.74, 6) is 0.950. The third-order valence-corrected chi connectivity index (χ3v) is 4.11. The molecule has 2 N–H and O–H groups in total. The Balaban J connectivity index is 2.01. The van der Waals surface area contributed by atoms with Gasteiger partial charge in [-0.2, -0.15) is 0 Å². The van der Waals surface area contributed by atoms with Crippen LogP contribution < -0.4 is 0 Å². The lowest BCUT2D eigenvalue weighted by Crippen LogP contribution is -2.42. The number of nitrogens with zero attached hydrogens (tertiary/aromatic N) is 2. The summed E-state index contributed by atoms with van der Waals surface area (Å²) in [6, 6.07) is 0.0402. The van der Waals surface area contributed by atoms with Crippen molar-refractivity contribution in [1.29, 1.82) is 0 Å². The van der Waals surface area contributed by atoms with Crippen molar-refractivity contribution in [3.05, 3.63) is 16.7 Å². The van der Waals surface area contributed by atoms with Gasteiger partial charge in [0, 0.05) is 13.0 Å². The minimum Gasteiger partial charge on any atom is -0.389 e. The number of aromatic nitrogens is 2. The summed E-state index contributed by atoms with van der Waals surface area (Å²) in [5, 5.41) is 10.5. The maximum absolute atomic E-state index is 9.93. The number of ether oxygens (including phenoxy) is 1. The second-order valence-electron chi connectivity index (χ2n) is 5.29. The van der Waals surface area contributed by atoms with E-state index in [1.165, 1.54) is 0 Å². The second-order valence-corrected chi connectivity index (χ2v) is 5.65. The Hall–Kier alpha value is -0.620. The van der Waals surface area contributed by atoms with E-state index in [-0.39, 0.29) is 6.04 Å². The average molecular weight is 302 g/mol. The summed E-state index contributed by atoms with van der Waals surface area (Å²) in [4.78, 5) is 9.86. The van der Waals surface area contributed by atoms with Gasteiger partial charge in [0.15, 0.2) is 5.15 Å². The first-order valence-electron chi connectivity index (χ1n) is 7.38. The van der Waals surface area contributed by atoms with Crippen molar-refractivity contribution in [1.82, 2.24) is 14.9 Å². The van der Waals surface area contributed by atoms with Crippen LogP contribution in [-0.4, -0.2) is 51.9 Å². The molecule has 1 aliphatic rings. The molecule has 0 saturated carbocycles. The van der Waals surface area contributed by atoms with Crippen molar-refractivity contribution in [3.8, 4) is 0 Å². The van der Waals surface area contributed by atoms with Crippen molar-refractivity contribution in [2.24, 2.45) is 0 Å². The van der Waals surface area contributed by atoms with Gasteiger partial charge in [-0.05, 0) is 13.0 Å². The standard InChI is InChI=1S/C14H24ClN3O2/c1-3-5-6-13-16-10(14(15)17-13)7-18(4-2)11-8-20-9-12(11)19/h11-12,19H,3-9H2,1-2H3,(H,16,17)/t11-,12-/m0/s1. The minimum absolute atomic E-state index is 0.0402. The summed E-state index contributed by atoms with van der Waals surface area (Å²) in [6.07, 6.45) is 2.75. The lowest BCUT2D eigenvalue weighted by molar-refractivity contribution is 0.0802. The zero-order valence-corrected chi connectivity index (χ0v) is 13.0. The molecule has 0 unspecified atom stereocenters. The van der Waals surface area contributed by atoms with Gasteiger partial charge in [-0.15, -0.1) is 0 Å². The van der Waals surface area contributed by atoms with Gasteiger partial charge in [0.1, 0.15) is 5.82 Å². The van der Waals surface area contributed by atoms with Crippen molar-refractivity contribution >= 4 is 11.6 Å². The largest absolute Gasteiger partial charge is 0.389 e. The zero-order valence-electron chi connectivity index (χ0n) is 12.2. The fourth-order valence-corrected chi connectivity index (χ4v) is 2.76. The van der Waals surface area contributed by atoms with E-state index in [0.717, 1.165) is 37.3 Å². The monoisotopic (exact) mass is 301 g/mol. The molecule has 1 aliphatic heterocycles. The number of aliphatic hydroxyl groups is 1. The molecule has 1 aromatic heterocycles. The maximum atomic E-state index is 9.93. The molecule has 6 heteroatoms. The van der Waals surface area contributed by atoms with Crippen molar-refractivity contribution in [3.63, 3.8) is 0 Å². The zero-order chi connectivity index (χ0) is 14.5. The molecule has 20 heavy (non-hydrogen) atoms. The number of aliphatic hydroxyl groups excluding tert-OH is 1. The maximum Gasteiger partial charge on any atom is 0.151 e. The number of hydrogen-bond donors (Lipinski definition) is 2. The Morgan fingerprint density at radius 3 is 2.85 bits per heavy atom. The second kappa shape index (κ2) is 7.41. The number of aromatic amines is 1. The van der Waals surface area contributed by atoms with Gasteiger partial charge in [-0.25, -0.2) is 4.98 Å². The summed E-state index contributed by atoms with van der Waals surface area (Å²) in [6.45, 7) is 6.73. The average Bonchev–Trinajstić information content (AvgIpc) is 3.00. The Labute approximate surface area is 125 Å². The first-order chi connectivity index (χ1) is 9.65. The molecule has 2 heterocycles. The van der Waals surface area contributed by atoms with Crippen LogP contribution in [0.15, 0.2) is 0 Å². The fourth-order valence-electron chi connectivity index (χ4n) is 2.55. The molecule has 0 radical (unpaired) electrons. The van der Waals surface area contributed by atoms with Crippen LogP contribution in [-0.2, 0) is 17.7 Å². The summed E-state index contributed by atoms with van der Waals surface area (Å²) < 4.78 is 5.33. The van der Waals surface area contributed by atoms with Gasteiger partial charge in [-0.3, -0.25) is 4.90 Å². The van der Waals surface area contributed by atoms with Crippen LogP contribution >= 0.6 is 11.6 Å². The van der Waals surface area contributed by atoms with E-state index in [4.69, 9.17) is 16.3 Å². The van der Waals surface area contributed by atoms with E-state index in [9.17, 15) is 5.11 Å². The molecule has 1 fully saturated rings. The Morgan fingerprint density at radius 1 is 1.45 bits per heavy atom. The van der Waals surface area contributed by atoms with Gasteiger partial charge < -0.3 is 14.8 Å². The molecule has 0 spiro atoms. The molecule has 2 atom stereocenters. The van der Waals surface area contributed by atoms with Crippen LogP contribution in [0.25, 0.3) is 0 Å². The van der Waals surface area contributed by atoms with Crippen molar-refractivity contribution < 1.29 is 9.84 Å². The van der Waals surface area contributed by atoms with Crippen LogP contribution in [0.5, 0.6) is 0 Å².